The van der Waals surface area contributed by atoms with E-state index in [4.69, 9.17) is 14.2 Å². The average molecular weight is 838 g/mol. The molecule has 0 amide bonds. The summed E-state index contributed by atoms with van der Waals surface area (Å²) in [6, 6.07) is 0. The van der Waals surface area contributed by atoms with Gasteiger partial charge in [0.15, 0.2) is 0 Å². The molecule has 0 saturated heterocycles. The maximum absolute atomic E-state index is 13.7. The van der Waals surface area contributed by atoms with Crippen molar-refractivity contribution in [3.05, 3.63) is 23.5 Å². The van der Waals surface area contributed by atoms with Gasteiger partial charge in [0.05, 0.1) is 11.6 Å². The molecule has 1 heterocycles. The van der Waals surface area contributed by atoms with Gasteiger partial charge in [0.1, 0.15) is 18.8 Å². The van der Waals surface area contributed by atoms with E-state index < -0.39 is 34.7 Å². The predicted octanol–water partition coefficient (Wildman–Crippen LogP) is 10.4. The number of rotatable bonds is 16. The van der Waals surface area contributed by atoms with Crippen molar-refractivity contribution < 1.29 is 43.6 Å². The molecule has 1 aromatic rings. The van der Waals surface area contributed by atoms with E-state index in [0.717, 1.165) is 51.4 Å². The number of carbonyl (C=O) groups excluding carboxylic acids is 3. The van der Waals surface area contributed by atoms with Crippen LogP contribution in [0.25, 0.3) is 0 Å². The number of esters is 3. The van der Waals surface area contributed by atoms with Crippen LogP contribution in [-0.2, 0) is 41.7 Å². The third-order valence-corrected chi connectivity index (χ3v) is 17.7. The molecule has 0 aliphatic heterocycles. The van der Waals surface area contributed by atoms with Gasteiger partial charge in [0.2, 0.25) is 5.79 Å². The first-order chi connectivity index (χ1) is 28.3. The number of carbonyl (C=O) groups is 4. The molecule has 1 aromatic heterocycles. The van der Waals surface area contributed by atoms with Crippen LogP contribution in [0.5, 0.6) is 0 Å². The molecule has 2 N–H and O–H groups in total. The van der Waals surface area contributed by atoms with Gasteiger partial charge < -0.3 is 24.4 Å². The number of fused-ring (bicyclic) bond motifs is 7. The molecule has 60 heavy (non-hydrogen) atoms. The van der Waals surface area contributed by atoms with Gasteiger partial charge in [0.25, 0.3) is 0 Å². The zero-order chi connectivity index (χ0) is 43.7. The minimum atomic E-state index is -1.68. The van der Waals surface area contributed by atoms with Crippen molar-refractivity contribution in [2.75, 3.05) is 0 Å². The number of aliphatic hydroxyl groups is 1. The fourth-order valence-corrected chi connectivity index (χ4v) is 13.8. The van der Waals surface area contributed by atoms with Gasteiger partial charge in [-0.25, -0.2) is 14.3 Å². The highest BCUT2D eigenvalue weighted by molar-refractivity contribution is 5.86. The summed E-state index contributed by atoms with van der Waals surface area (Å²) in [4.78, 5) is 51.2. The Morgan fingerprint density at radius 3 is 2.20 bits per heavy atom. The highest BCUT2D eigenvalue weighted by Crippen LogP contribution is 2.76. The lowest BCUT2D eigenvalue weighted by molar-refractivity contribution is -0.318. The summed E-state index contributed by atoms with van der Waals surface area (Å²) >= 11 is 0. The average Bonchev–Trinajstić information content (AvgIpc) is 3.63. The van der Waals surface area contributed by atoms with Gasteiger partial charge in [-0.05, 0) is 104 Å². The van der Waals surface area contributed by atoms with Gasteiger partial charge in [-0.3, -0.25) is 9.59 Å². The number of carboxylic acid groups (broad SMARTS) is 1. The normalized spacial score (nSPS) is 36.7. The first-order valence-electron chi connectivity index (χ1n) is 23.4. The Hall–Kier alpha value is -3.28. The first-order valence-corrected chi connectivity index (χ1v) is 23.4. The van der Waals surface area contributed by atoms with Crippen molar-refractivity contribution in [1.82, 2.24) is 15.0 Å². The zero-order valence-corrected chi connectivity index (χ0v) is 38.0. The molecule has 10 atom stereocenters. The van der Waals surface area contributed by atoms with Crippen LogP contribution >= 0.6 is 0 Å². The molecule has 0 aromatic carbocycles. The van der Waals surface area contributed by atoms with Crippen LogP contribution < -0.4 is 0 Å². The van der Waals surface area contributed by atoms with Crippen molar-refractivity contribution in [3.63, 3.8) is 0 Å². The largest absolute Gasteiger partial charge is 0.513 e. The summed E-state index contributed by atoms with van der Waals surface area (Å²) in [6.07, 6.45) is 19.9. The SMILES string of the molecule is CCCCCCCCCCCC(=O)OCc1cn(CC(=O)OC2(O)CC[C@@]3(C)C(CC[C@]4(C)[C@@H]3CC=C3[C@@H]5[C@@H](C)[C@H](C)CC[C@]5(C(=O)OC(=O)O)CC[C@]34C)C2(C)C)nn1. The monoisotopic (exact) mass is 838 g/mol. The lowest BCUT2D eigenvalue weighted by atomic mass is 9.33. The molecule has 5 aliphatic carbocycles. The number of ether oxygens (including phenoxy) is 3. The second kappa shape index (κ2) is 17.8. The Morgan fingerprint density at radius 2 is 1.52 bits per heavy atom. The van der Waals surface area contributed by atoms with Gasteiger partial charge in [-0.1, -0.05) is 124 Å². The van der Waals surface area contributed by atoms with Crippen molar-refractivity contribution in [2.24, 2.45) is 56.7 Å². The molecule has 2 unspecified atom stereocenters. The Balaban J connectivity index is 1.07. The van der Waals surface area contributed by atoms with Crippen molar-refractivity contribution in [2.45, 2.75) is 196 Å². The number of nitrogens with zero attached hydrogens (tertiary/aromatic N) is 3. The van der Waals surface area contributed by atoms with E-state index in [1.54, 1.807) is 6.20 Å². The molecule has 0 radical (unpaired) electrons. The van der Waals surface area contributed by atoms with Crippen LogP contribution in [0.2, 0.25) is 0 Å². The van der Waals surface area contributed by atoms with Gasteiger partial charge >= 0.3 is 24.1 Å². The van der Waals surface area contributed by atoms with Crippen LogP contribution in [0.4, 0.5) is 4.79 Å². The van der Waals surface area contributed by atoms with Crippen molar-refractivity contribution in [1.29, 1.82) is 0 Å². The third kappa shape index (κ3) is 8.33. The maximum atomic E-state index is 13.7. The highest BCUT2D eigenvalue weighted by atomic mass is 16.7. The minimum absolute atomic E-state index is 0.0186. The quantitative estimate of drug-likeness (QED) is 0.0406. The van der Waals surface area contributed by atoms with Crippen molar-refractivity contribution >= 4 is 24.1 Å². The molecule has 12 heteroatoms. The first kappa shape index (κ1) is 46.2. The fourth-order valence-electron chi connectivity index (χ4n) is 13.8. The van der Waals surface area contributed by atoms with E-state index in [-0.39, 0.29) is 53.1 Å². The Bertz CT molecular complexity index is 1770. The summed E-state index contributed by atoms with van der Waals surface area (Å²) in [5.74, 6) is -2.25. The van der Waals surface area contributed by atoms with Crippen molar-refractivity contribution in [3.8, 4) is 0 Å². The topological polar surface area (TPSA) is 167 Å². The minimum Gasteiger partial charge on any atom is -0.459 e. The van der Waals surface area contributed by atoms with E-state index in [9.17, 15) is 29.4 Å². The van der Waals surface area contributed by atoms with Crippen LogP contribution in [0.3, 0.4) is 0 Å². The number of unbranched alkanes of at least 4 members (excludes halogenated alkanes) is 8. The number of allylic oxidation sites excluding steroid dienone is 2. The Kier molecular flexibility index (Phi) is 13.7. The molecule has 4 fully saturated rings. The summed E-state index contributed by atoms with van der Waals surface area (Å²) in [5.41, 5.74) is -0.280. The third-order valence-electron chi connectivity index (χ3n) is 17.7. The summed E-state index contributed by atoms with van der Waals surface area (Å²) in [7, 11) is 0. The Labute approximate surface area is 358 Å². The van der Waals surface area contributed by atoms with E-state index in [1.807, 2.05) is 13.8 Å². The van der Waals surface area contributed by atoms with E-state index in [1.165, 1.54) is 48.8 Å². The molecule has 336 valence electrons. The highest BCUT2D eigenvalue weighted by Gasteiger charge is 2.71. The standard InChI is InChI=1S/C48H75N3O9/c1-9-10-11-12-13-14-15-16-17-18-38(52)58-31-34-29-51(50-49-34)30-39(53)60-48(57)28-25-44(6)36(43(48,4)5)22-23-46(8)37(44)20-19-35-40-33(3)32(2)21-24-47(40,27-26-45(35,46)7)41(54)59-42(55)56/h19,29,32-33,36-37,40,57H,9-18,20-28,30-31H2,1-8H3,(H,55,56)/t32-,33+,36?,37-,40+,44+,45-,46-,47+,48?/m1/s1. The maximum Gasteiger partial charge on any atom is 0.513 e. The second-order valence-corrected chi connectivity index (χ2v) is 21.1. The van der Waals surface area contributed by atoms with E-state index >= 15 is 0 Å². The van der Waals surface area contributed by atoms with E-state index in [0.29, 0.717) is 49.6 Å². The molecule has 4 saturated carbocycles. The number of hydrogen-bond donors (Lipinski definition) is 2. The lowest BCUT2D eigenvalue weighted by Crippen LogP contribution is -2.68. The Morgan fingerprint density at radius 1 is 0.833 bits per heavy atom. The number of aromatic nitrogens is 3. The van der Waals surface area contributed by atoms with Gasteiger partial charge in [0, 0.05) is 18.3 Å². The summed E-state index contributed by atoms with van der Waals surface area (Å²) < 4.78 is 17.8. The molecule has 6 rings (SSSR count). The smallest absolute Gasteiger partial charge is 0.459 e. The van der Waals surface area contributed by atoms with E-state index in [2.05, 4.69) is 57.9 Å². The molecule has 5 aliphatic rings. The molecular weight excluding hydrogens is 763 g/mol. The molecule has 12 nitrogen and oxygen atoms in total. The van der Waals surface area contributed by atoms with Crippen LogP contribution in [0, 0.1) is 56.7 Å². The van der Waals surface area contributed by atoms with Crippen LogP contribution in [0.1, 0.15) is 183 Å². The second-order valence-electron chi connectivity index (χ2n) is 21.1. The van der Waals surface area contributed by atoms with Crippen LogP contribution in [-0.4, -0.2) is 55.1 Å². The van der Waals surface area contributed by atoms with Gasteiger partial charge in [-0.2, -0.15) is 0 Å². The summed E-state index contributed by atoms with van der Waals surface area (Å²) in [5, 5.41) is 30.0. The molecular formula is C48H75N3O9. The van der Waals surface area contributed by atoms with Gasteiger partial charge in [-0.15, -0.1) is 5.10 Å². The lowest BCUT2D eigenvalue weighted by Gasteiger charge is -2.72. The molecule has 0 bridgehead atoms. The summed E-state index contributed by atoms with van der Waals surface area (Å²) in [6.45, 7) is 17.8. The van der Waals surface area contributed by atoms with Crippen LogP contribution in [0.15, 0.2) is 17.8 Å². The number of hydrogen-bond acceptors (Lipinski definition) is 10. The molecule has 0 spiro atoms. The predicted molar refractivity (Wildman–Crippen MR) is 226 cm³/mol. The fraction of sp³-hybridized carbons (Fsp3) is 0.833. The zero-order valence-electron chi connectivity index (χ0n) is 38.0.